The maximum absolute atomic E-state index is 16.4. The molecule has 0 spiro atoms. The van der Waals surface area contributed by atoms with Gasteiger partial charge in [-0.2, -0.15) is 0 Å². The van der Waals surface area contributed by atoms with Crippen molar-refractivity contribution in [3.05, 3.63) is 152 Å². The summed E-state index contributed by atoms with van der Waals surface area (Å²) in [5, 5.41) is 139. The molecule has 41 heteroatoms. The number of nitrogens with two attached hydrogens (primary N) is 2. The lowest BCUT2D eigenvalue weighted by Gasteiger charge is -2.47. The Bertz CT molecular complexity index is 5190. The number of unbranched alkanes of at least 4 members (excludes halogenated alkanes) is 5. The number of nitrogens with one attached hydrogen (secondary N) is 9. The molecule has 0 aromatic heterocycles. The number of carboxylic acid groups (broad SMARTS) is 1. The summed E-state index contributed by atoms with van der Waals surface area (Å²) in [5.74, 6) is -17.1. The summed E-state index contributed by atoms with van der Waals surface area (Å²) in [7, 11) is -2.39. The zero-order valence-corrected chi connectivity index (χ0v) is 71.8. The average molecular weight is 1820 g/mol. The van der Waals surface area contributed by atoms with Crippen molar-refractivity contribution in [2.24, 2.45) is 17.4 Å². The van der Waals surface area contributed by atoms with Crippen LogP contribution < -0.4 is 77.7 Å². The molecule has 2 fully saturated rings. The highest BCUT2D eigenvalue weighted by atomic mass is 35.5. The molecule has 16 unspecified atom stereocenters. The van der Waals surface area contributed by atoms with Gasteiger partial charge in [-0.1, -0.05) is 93.9 Å². The van der Waals surface area contributed by atoms with E-state index in [0.29, 0.717) is 38.0 Å². The van der Waals surface area contributed by atoms with Gasteiger partial charge in [-0.05, 0) is 171 Å². The second-order valence-corrected chi connectivity index (χ2v) is 35.3. The zero-order chi connectivity index (χ0) is 91.3. The minimum atomic E-state index is -3.86. The summed E-state index contributed by atoms with van der Waals surface area (Å²) in [6.07, 6.45) is -13.9. The van der Waals surface area contributed by atoms with Gasteiger partial charge < -0.3 is 138 Å². The molecule has 0 radical (unpaired) electrons. The Hall–Kier alpha value is -9.99. The Morgan fingerprint density at radius 3 is 1.95 bits per heavy atom. The number of rotatable bonds is 29. The normalized spacial score (nSPS) is 26.7. The van der Waals surface area contributed by atoms with E-state index in [1.807, 2.05) is 13.8 Å². The van der Waals surface area contributed by atoms with Gasteiger partial charge in [0.05, 0.1) is 52.8 Å². The number of ether oxygens (including phenoxy) is 7. The molecule has 7 heterocycles. The molecule has 8 aliphatic rings. The fourth-order valence-electron chi connectivity index (χ4n) is 16.1. The first-order valence-electron chi connectivity index (χ1n) is 41.2. The maximum atomic E-state index is 16.4. The third-order valence-electron chi connectivity index (χ3n) is 22.9. The highest BCUT2D eigenvalue weighted by molar-refractivity contribution is 7.89. The maximum Gasteiger partial charge on any atom is 0.330 e. The number of aromatic hydroxyl groups is 1. The minimum absolute atomic E-state index is 0.0633. The topological polar surface area (TPSA) is 598 Å². The minimum Gasteiger partial charge on any atom is -0.508 e. The second kappa shape index (κ2) is 40.1. The van der Waals surface area contributed by atoms with Crippen LogP contribution >= 0.6 is 23.2 Å². The molecule has 6 aromatic carbocycles. The first kappa shape index (κ1) is 95.1. The Labute approximate surface area is 734 Å². The number of primary amides is 1. The van der Waals surface area contributed by atoms with E-state index in [1.54, 1.807) is 12.1 Å². The van der Waals surface area contributed by atoms with E-state index in [9.17, 15) is 73.9 Å². The van der Waals surface area contributed by atoms with Crippen molar-refractivity contribution < 1.29 is 131 Å². The van der Waals surface area contributed by atoms with Gasteiger partial charge in [-0.25, -0.2) is 17.9 Å². The number of phenols is 1. The van der Waals surface area contributed by atoms with E-state index in [0.717, 1.165) is 79.9 Å². The molecule has 2 saturated heterocycles. The quantitative estimate of drug-likeness (QED) is 0.0237. The summed E-state index contributed by atoms with van der Waals surface area (Å²) in [6.45, 7) is 8.21. The number of carbonyl (C=O) groups is 8. The number of benzene rings is 6. The van der Waals surface area contributed by atoms with Crippen LogP contribution in [0.5, 0.6) is 40.2 Å². The number of carboxylic acids is 1. The Morgan fingerprint density at radius 2 is 1.34 bits per heavy atom. The van der Waals surface area contributed by atoms with Gasteiger partial charge in [0.15, 0.2) is 29.9 Å². The van der Waals surface area contributed by atoms with Crippen molar-refractivity contribution in [3.8, 4) is 51.4 Å². The largest absolute Gasteiger partial charge is 0.508 e. The molecule has 7 aliphatic heterocycles. The number of aliphatic carboxylic acids is 1. The number of carbonyl (C=O) groups excluding carboxylic acids is 7. The van der Waals surface area contributed by atoms with Gasteiger partial charge in [0.25, 0.3) is 0 Å². The number of amides is 7. The molecule has 23 N–H and O–H groups in total. The van der Waals surface area contributed by atoms with Crippen molar-refractivity contribution in [1.82, 2.24) is 47.3 Å². The molecule has 6 aromatic rings. The lowest BCUT2D eigenvalue weighted by molar-refractivity contribution is -0.333. The second-order valence-electron chi connectivity index (χ2n) is 32.7. The summed E-state index contributed by atoms with van der Waals surface area (Å²) >= 11 is 14.3. The fourth-order valence-corrected chi connectivity index (χ4v) is 17.6. The van der Waals surface area contributed by atoms with Crippen molar-refractivity contribution >= 4 is 80.5 Å². The number of sulfonamides is 1. The summed E-state index contributed by atoms with van der Waals surface area (Å²) in [5.41, 5.74) is 7.55. The van der Waals surface area contributed by atoms with Crippen molar-refractivity contribution in [3.63, 3.8) is 0 Å². The monoisotopic (exact) mass is 1810 g/mol. The smallest absolute Gasteiger partial charge is 0.330 e. The fraction of sp³-hybridized carbons (Fsp3) is 0.482. The molecule has 0 saturated carbocycles. The third kappa shape index (κ3) is 21.0. The van der Waals surface area contributed by atoms with Crippen LogP contribution in [0.1, 0.15) is 174 Å². The highest BCUT2D eigenvalue weighted by Gasteiger charge is 2.53. The van der Waals surface area contributed by atoms with E-state index < -0.39 is 241 Å². The van der Waals surface area contributed by atoms with Gasteiger partial charge >= 0.3 is 5.97 Å². The van der Waals surface area contributed by atoms with E-state index >= 15 is 24.0 Å². The first-order valence-corrected chi connectivity index (χ1v) is 43.5. The first-order chi connectivity index (χ1) is 59.7. The number of phenolic OH excluding ortho intramolecular Hbond substituents is 1. The molecule has 1 aliphatic carbocycles. The highest BCUT2D eigenvalue weighted by Crippen LogP contribution is 2.54. The Balaban J connectivity index is 0.978. The lowest BCUT2D eigenvalue weighted by Crippen LogP contribution is -2.64. The standard InChI is InChI=1S/C85H105Cl2N11O27S/c1-7-8-13-26-119-44-17-19-45(20-18-44)126(117,118)92-25-12-10-9-11-24-91-36-48-54(100)33-47-62-46-28-40(14-21-49(46)85(115,116)63(48)62)64-78(109)98-68(81(112)96-66(47)82(113)114)70(103)42-16-23-56(51(87)30-42)122-58-32-43-31-57(73(58)125-83-74(72(105)71(104)59(37-99)123-83)124-61-35-84(5,89)75(106)39(4)120-61)121-55-22-15-41(29-50(55)86)69(102)67(97-76(107)52(90-6)27-38(2)3)80(111)93-53(34-60(88)101)77(108)94-65(43)79(110)95-64/h14-23,28-33,38-39,52-53,59,61,64-72,74-75,83,90-92,99-100,102-106,115-116H,7-13,24-27,34-37,89H2,1-6H3,(H2,88,101)(H,93,111)(H,94,108)(H,95,110)(H,96,112)(H,97,107)(H,98,109)(H,113,114)/t39?,52?,53?,59?,61?,64?,65?,66-,67?,68?,69?,70?,71?,72?,74?,75?,83?,84-/m0/s1. The van der Waals surface area contributed by atoms with Gasteiger partial charge in [-0.3, -0.25) is 33.6 Å². The SMILES string of the molecule is CCCCCOc1ccc(S(=O)(=O)NCCCCCCNCc2c(O)cc3c4c2C(O)(O)c2ccc(cc2-4)C2NC(=O)C4NC(=O)C(CC(N)=O)NC(=O)C(NC(=O)C(CC(C)C)NC)C(O)c5ccc(c(Cl)c5)Oc5cc4cc(c5OC4OC(CO)C(O)C(O)C4OC4C[C@](C)(N)C(O)C(C)O4)Oc4ccc(cc4Cl)C(O)C(NC2=O)C(=O)N[C@@H]3C(=O)O)cc1. The van der Waals surface area contributed by atoms with Gasteiger partial charge in [0.1, 0.15) is 83.7 Å². The molecular formula is C85H105Cl2N11O27S. The van der Waals surface area contributed by atoms with E-state index in [-0.39, 0.29) is 87.4 Å². The Morgan fingerprint density at radius 1 is 0.714 bits per heavy atom. The van der Waals surface area contributed by atoms with E-state index in [1.165, 1.54) is 45.2 Å². The molecule has 11 bridgehead atoms. The van der Waals surface area contributed by atoms with Gasteiger partial charge in [-0.15, -0.1) is 0 Å². The number of likely N-dealkylation sites (N-methyl/N-ethyl adjacent to an activating group) is 1. The summed E-state index contributed by atoms with van der Waals surface area (Å²) in [4.78, 5) is 120. The number of fused-ring (bicyclic) bond motifs is 12. The molecular weight excluding hydrogens is 1710 g/mol. The summed E-state index contributed by atoms with van der Waals surface area (Å²) < 4.78 is 73.3. The van der Waals surface area contributed by atoms with Crippen LogP contribution in [0.2, 0.25) is 10.0 Å². The molecule has 14 rings (SSSR count). The predicted molar refractivity (Wildman–Crippen MR) is 448 cm³/mol. The number of hydrogen-bond donors (Lipinski definition) is 21. The van der Waals surface area contributed by atoms with Gasteiger partial charge in [0.2, 0.25) is 69.2 Å². The van der Waals surface area contributed by atoms with Crippen molar-refractivity contribution in [2.45, 2.75) is 225 Å². The van der Waals surface area contributed by atoms with Crippen molar-refractivity contribution in [2.75, 3.05) is 33.4 Å². The number of hydrogen-bond acceptors (Lipinski definition) is 29. The van der Waals surface area contributed by atoms with Gasteiger partial charge in [0, 0.05) is 41.7 Å². The van der Waals surface area contributed by atoms with Crippen LogP contribution in [0.15, 0.2) is 102 Å². The summed E-state index contributed by atoms with van der Waals surface area (Å²) in [6, 6.07) is 4.95. The van der Waals surface area contributed by atoms with E-state index in [2.05, 4.69) is 54.2 Å². The van der Waals surface area contributed by atoms with Crippen LogP contribution in [0.25, 0.3) is 11.1 Å². The van der Waals surface area contributed by atoms with Crippen LogP contribution in [0.4, 0.5) is 0 Å². The molecule has 126 heavy (non-hydrogen) atoms. The number of aliphatic hydroxyl groups excluding tert-OH is 6. The average Bonchev–Trinajstić information content (AvgIpc) is 1.55. The third-order valence-corrected chi connectivity index (χ3v) is 24.9. The molecule has 18 atom stereocenters. The lowest BCUT2D eigenvalue weighted by atomic mass is 9.86. The predicted octanol–water partition coefficient (Wildman–Crippen LogP) is 2.39. The molecule has 7 amide bonds. The number of halogens is 2. The van der Waals surface area contributed by atoms with Crippen molar-refractivity contribution in [1.29, 1.82) is 0 Å². The molecule has 682 valence electrons. The van der Waals surface area contributed by atoms with E-state index in [4.69, 9.17) is 67.8 Å². The van der Waals surface area contributed by atoms with Crippen LogP contribution in [0, 0.1) is 5.92 Å². The Kier molecular flexibility index (Phi) is 30.3. The number of aliphatic hydroxyl groups is 8. The molecule has 38 nitrogen and oxygen atoms in total. The van der Waals surface area contributed by atoms with Crippen LogP contribution in [0.3, 0.4) is 0 Å². The zero-order valence-electron chi connectivity index (χ0n) is 69.5. The van der Waals surface area contributed by atoms with Crippen LogP contribution in [-0.4, -0.2) is 219 Å². The van der Waals surface area contributed by atoms with Crippen LogP contribution in [-0.2, 0) is 74.9 Å².